The Labute approximate surface area is 101 Å². The minimum absolute atomic E-state index is 0.0902. The van der Waals surface area contributed by atoms with Crippen LogP contribution in [-0.4, -0.2) is 3.42 Å². The molecule has 3 saturated carbocycles. The van der Waals surface area contributed by atoms with Crippen molar-refractivity contribution in [1.29, 1.82) is 0 Å². The first-order chi connectivity index (χ1) is 6.53. The monoisotopic (exact) mass is 322 g/mol. The SMILES string of the molecule is Fc1ccc(Cl)cc1C12CC(I)(C1)C2. The van der Waals surface area contributed by atoms with Crippen LogP contribution in [0.3, 0.4) is 0 Å². The zero-order valence-electron chi connectivity index (χ0n) is 7.49. The van der Waals surface area contributed by atoms with Crippen molar-refractivity contribution in [3.8, 4) is 0 Å². The second kappa shape index (κ2) is 2.64. The van der Waals surface area contributed by atoms with E-state index in [1.807, 2.05) is 0 Å². The van der Waals surface area contributed by atoms with E-state index in [1.54, 1.807) is 12.1 Å². The van der Waals surface area contributed by atoms with Crippen molar-refractivity contribution in [2.45, 2.75) is 28.1 Å². The first-order valence-electron chi connectivity index (χ1n) is 4.68. The van der Waals surface area contributed by atoms with Gasteiger partial charge in [0.25, 0.3) is 0 Å². The molecule has 4 rings (SSSR count). The van der Waals surface area contributed by atoms with Crippen LogP contribution >= 0.6 is 34.2 Å². The summed E-state index contributed by atoms with van der Waals surface area (Å²) in [4.78, 5) is 0. The van der Waals surface area contributed by atoms with E-state index in [1.165, 1.54) is 6.07 Å². The minimum Gasteiger partial charge on any atom is -0.207 e. The topological polar surface area (TPSA) is 0 Å². The van der Waals surface area contributed by atoms with E-state index in [9.17, 15) is 4.39 Å². The molecule has 0 unspecified atom stereocenters. The van der Waals surface area contributed by atoms with E-state index < -0.39 is 0 Å². The summed E-state index contributed by atoms with van der Waals surface area (Å²) in [6.45, 7) is 0. The highest BCUT2D eigenvalue weighted by molar-refractivity contribution is 14.1. The van der Waals surface area contributed by atoms with Crippen LogP contribution in [0, 0.1) is 5.82 Å². The Morgan fingerprint density at radius 2 is 1.93 bits per heavy atom. The van der Waals surface area contributed by atoms with Crippen LogP contribution in [0.1, 0.15) is 24.8 Å². The highest BCUT2D eigenvalue weighted by atomic mass is 127. The molecule has 0 spiro atoms. The summed E-state index contributed by atoms with van der Waals surface area (Å²) in [5.74, 6) is -0.0902. The molecule has 1 aromatic carbocycles. The zero-order valence-corrected chi connectivity index (χ0v) is 10.4. The Morgan fingerprint density at radius 3 is 2.50 bits per heavy atom. The predicted octanol–water partition coefficient (Wildman–Crippen LogP) is 4.09. The van der Waals surface area contributed by atoms with Crippen molar-refractivity contribution in [1.82, 2.24) is 0 Å². The molecule has 0 radical (unpaired) electrons. The quantitative estimate of drug-likeness (QED) is 0.540. The molecule has 3 fully saturated rings. The smallest absolute Gasteiger partial charge is 0.127 e. The molecule has 14 heavy (non-hydrogen) atoms. The second-order valence-electron chi connectivity index (χ2n) is 4.59. The summed E-state index contributed by atoms with van der Waals surface area (Å²) in [6.07, 6.45) is 3.37. The first kappa shape index (κ1) is 9.40. The van der Waals surface area contributed by atoms with Crippen molar-refractivity contribution in [3.05, 3.63) is 34.6 Å². The summed E-state index contributed by atoms with van der Waals surface area (Å²) in [6, 6.07) is 4.90. The van der Waals surface area contributed by atoms with Crippen molar-refractivity contribution < 1.29 is 4.39 Å². The fourth-order valence-electron chi connectivity index (χ4n) is 2.85. The van der Waals surface area contributed by atoms with Crippen LogP contribution in [-0.2, 0) is 5.41 Å². The number of benzene rings is 1. The van der Waals surface area contributed by atoms with Crippen LogP contribution in [0.5, 0.6) is 0 Å². The van der Waals surface area contributed by atoms with E-state index in [2.05, 4.69) is 22.6 Å². The third kappa shape index (κ3) is 1.10. The molecule has 74 valence electrons. The molecule has 0 aromatic heterocycles. The zero-order chi connectivity index (χ0) is 9.97. The van der Waals surface area contributed by atoms with Gasteiger partial charge in [0.15, 0.2) is 0 Å². The van der Waals surface area contributed by atoms with Crippen LogP contribution in [0.25, 0.3) is 0 Å². The lowest BCUT2D eigenvalue weighted by Crippen LogP contribution is -2.66. The molecular weight excluding hydrogens is 313 g/mol. The molecule has 1 aromatic rings. The van der Waals surface area contributed by atoms with Crippen molar-refractivity contribution in [2.24, 2.45) is 0 Å². The fraction of sp³-hybridized carbons (Fsp3) is 0.455. The summed E-state index contributed by atoms with van der Waals surface area (Å²) < 4.78 is 14.1. The van der Waals surface area contributed by atoms with Crippen LogP contribution < -0.4 is 0 Å². The maximum atomic E-state index is 13.6. The largest absolute Gasteiger partial charge is 0.207 e. The summed E-state index contributed by atoms with van der Waals surface area (Å²) in [5, 5.41) is 0.647. The van der Waals surface area contributed by atoms with Crippen LogP contribution in [0.15, 0.2) is 18.2 Å². The summed E-state index contributed by atoms with van der Waals surface area (Å²) >= 11 is 8.38. The molecule has 3 aliphatic carbocycles. The normalized spacial score (nSPS) is 38.8. The molecule has 0 amide bonds. The number of alkyl halides is 1. The number of hydrogen-bond donors (Lipinski definition) is 0. The maximum Gasteiger partial charge on any atom is 0.127 e. The maximum absolute atomic E-state index is 13.6. The fourth-order valence-corrected chi connectivity index (χ4v) is 5.22. The molecule has 0 saturated heterocycles. The van der Waals surface area contributed by atoms with E-state index in [0.717, 1.165) is 24.8 Å². The molecule has 3 heteroatoms. The van der Waals surface area contributed by atoms with Crippen LogP contribution in [0.2, 0.25) is 5.02 Å². The van der Waals surface area contributed by atoms with Crippen molar-refractivity contribution >= 4 is 34.2 Å². The highest BCUT2D eigenvalue weighted by Crippen LogP contribution is 2.72. The third-order valence-corrected chi connectivity index (χ3v) is 4.84. The van der Waals surface area contributed by atoms with Gasteiger partial charge in [0.2, 0.25) is 0 Å². The van der Waals surface area contributed by atoms with Gasteiger partial charge in [0, 0.05) is 13.9 Å². The van der Waals surface area contributed by atoms with Gasteiger partial charge in [0.1, 0.15) is 5.82 Å². The lowest BCUT2D eigenvalue weighted by atomic mass is 9.42. The van der Waals surface area contributed by atoms with Gasteiger partial charge in [0.05, 0.1) is 0 Å². The summed E-state index contributed by atoms with van der Waals surface area (Å²) in [7, 11) is 0. The van der Waals surface area contributed by atoms with Gasteiger partial charge in [-0.25, -0.2) is 4.39 Å². The standard InChI is InChI=1S/C11H9ClFI/c12-7-1-2-9(13)8(3-7)10-4-11(14,5-10)6-10/h1-3H,4-6H2. The molecule has 0 N–H and O–H groups in total. The highest BCUT2D eigenvalue weighted by Gasteiger charge is 2.67. The van der Waals surface area contributed by atoms with Gasteiger partial charge in [-0.2, -0.15) is 0 Å². The molecule has 0 heterocycles. The summed E-state index contributed by atoms with van der Waals surface area (Å²) in [5.41, 5.74) is 0.972. The Balaban J connectivity index is 2.01. The second-order valence-corrected chi connectivity index (χ2v) is 7.31. The molecule has 3 aliphatic rings. The number of rotatable bonds is 1. The molecule has 2 bridgehead atoms. The van der Waals surface area contributed by atoms with E-state index in [-0.39, 0.29) is 11.2 Å². The lowest BCUT2D eigenvalue weighted by molar-refractivity contribution is 0.0188. The Morgan fingerprint density at radius 1 is 1.29 bits per heavy atom. The molecule has 0 aliphatic heterocycles. The number of halogens is 3. The first-order valence-corrected chi connectivity index (χ1v) is 6.13. The van der Waals surface area contributed by atoms with Crippen LogP contribution in [0.4, 0.5) is 4.39 Å². The average molecular weight is 323 g/mol. The van der Waals surface area contributed by atoms with Crippen molar-refractivity contribution in [3.63, 3.8) is 0 Å². The Hall–Kier alpha value is 0.170. The van der Waals surface area contributed by atoms with Gasteiger partial charge >= 0.3 is 0 Å². The predicted molar refractivity (Wildman–Crippen MR) is 63.7 cm³/mol. The minimum atomic E-state index is -0.0902. The molecule has 0 atom stereocenters. The molecule has 0 nitrogen and oxygen atoms in total. The lowest BCUT2D eigenvalue weighted by Gasteiger charge is -2.68. The van der Waals surface area contributed by atoms with Gasteiger partial charge < -0.3 is 0 Å². The van der Waals surface area contributed by atoms with Gasteiger partial charge in [-0.3, -0.25) is 0 Å². The molecular formula is C11H9ClFI. The third-order valence-electron chi connectivity index (χ3n) is 3.47. The van der Waals surface area contributed by atoms with E-state index >= 15 is 0 Å². The van der Waals surface area contributed by atoms with E-state index in [4.69, 9.17) is 11.6 Å². The van der Waals surface area contributed by atoms with E-state index in [0.29, 0.717) is 8.44 Å². The number of hydrogen-bond acceptors (Lipinski definition) is 0. The average Bonchev–Trinajstić information content (AvgIpc) is 2.02. The van der Waals surface area contributed by atoms with Gasteiger partial charge in [-0.1, -0.05) is 34.2 Å². The van der Waals surface area contributed by atoms with Gasteiger partial charge in [-0.15, -0.1) is 0 Å². The van der Waals surface area contributed by atoms with Crippen molar-refractivity contribution in [2.75, 3.05) is 0 Å². The van der Waals surface area contributed by atoms with Gasteiger partial charge in [-0.05, 0) is 43.0 Å². The Bertz CT molecular complexity index is 396. The Kier molecular flexibility index (Phi) is 1.77.